The minimum Gasteiger partial charge on any atom is -0.380 e. The molecule has 2 N–H and O–H groups in total. The van der Waals surface area contributed by atoms with E-state index in [0.29, 0.717) is 13.2 Å². The van der Waals surface area contributed by atoms with Crippen LogP contribution in [0, 0.1) is 20.8 Å². The van der Waals surface area contributed by atoms with Crippen LogP contribution in [0.15, 0.2) is 36.4 Å². The number of carbonyl (C=O) groups is 1. The lowest BCUT2D eigenvalue weighted by atomic mass is 10.1. The molecule has 0 atom stereocenters. The van der Waals surface area contributed by atoms with Gasteiger partial charge in [-0.1, -0.05) is 42.0 Å². The number of ether oxygens (including phenoxy) is 1. The van der Waals surface area contributed by atoms with E-state index in [4.69, 9.17) is 4.74 Å². The Labute approximate surface area is 137 Å². The van der Waals surface area contributed by atoms with Crippen LogP contribution in [0.3, 0.4) is 0 Å². The molecule has 0 saturated heterocycles. The van der Waals surface area contributed by atoms with Gasteiger partial charge in [0.05, 0.1) is 6.61 Å². The predicted molar refractivity (Wildman–Crippen MR) is 93.7 cm³/mol. The summed E-state index contributed by atoms with van der Waals surface area (Å²) in [6.07, 6.45) is 0. The van der Waals surface area contributed by atoms with Crippen molar-refractivity contribution in [2.75, 3.05) is 12.4 Å². The van der Waals surface area contributed by atoms with E-state index in [0.717, 1.165) is 27.9 Å². The monoisotopic (exact) mass is 312 g/mol. The van der Waals surface area contributed by atoms with Gasteiger partial charge in [0.15, 0.2) is 0 Å². The van der Waals surface area contributed by atoms with Crippen LogP contribution in [0.25, 0.3) is 0 Å². The first-order chi connectivity index (χ1) is 11.0. The normalized spacial score (nSPS) is 10.4. The summed E-state index contributed by atoms with van der Waals surface area (Å²) in [5.74, 6) is 0. The van der Waals surface area contributed by atoms with Gasteiger partial charge in [-0.2, -0.15) is 0 Å². The number of hydrogen-bond donors (Lipinski definition) is 2. The van der Waals surface area contributed by atoms with Crippen molar-refractivity contribution < 1.29 is 9.53 Å². The number of urea groups is 1. The molecular weight excluding hydrogens is 288 g/mol. The highest BCUT2D eigenvalue weighted by molar-refractivity contribution is 5.91. The number of anilines is 1. The summed E-state index contributed by atoms with van der Waals surface area (Å²) < 4.78 is 5.19. The first-order valence-electron chi connectivity index (χ1n) is 7.69. The van der Waals surface area contributed by atoms with E-state index in [1.165, 1.54) is 5.56 Å². The molecule has 122 valence electrons. The smallest absolute Gasteiger partial charge is 0.319 e. The molecule has 23 heavy (non-hydrogen) atoms. The van der Waals surface area contributed by atoms with Gasteiger partial charge < -0.3 is 15.4 Å². The summed E-state index contributed by atoms with van der Waals surface area (Å²) >= 11 is 0. The van der Waals surface area contributed by atoms with Gasteiger partial charge in [-0.15, -0.1) is 0 Å². The third-order valence-electron chi connectivity index (χ3n) is 3.77. The zero-order valence-corrected chi connectivity index (χ0v) is 14.2. The van der Waals surface area contributed by atoms with Gasteiger partial charge in [0, 0.05) is 19.3 Å². The van der Waals surface area contributed by atoms with Gasteiger partial charge in [0.1, 0.15) is 0 Å². The minimum absolute atomic E-state index is 0.202. The molecule has 2 rings (SSSR count). The van der Waals surface area contributed by atoms with Crippen LogP contribution >= 0.6 is 0 Å². The summed E-state index contributed by atoms with van der Waals surface area (Å²) in [6.45, 7) is 7.06. The second kappa shape index (κ2) is 7.79. The minimum atomic E-state index is -0.202. The molecule has 4 heteroatoms. The third-order valence-corrected chi connectivity index (χ3v) is 3.77. The standard InChI is InChI=1S/C19H24N2O2/c1-13-9-14(2)18(15(3)10-13)21-19(22)20-11-16-7-5-6-8-17(16)12-23-4/h5-10H,11-12H2,1-4H3,(H2,20,21,22). The van der Waals surface area contributed by atoms with Crippen molar-refractivity contribution in [1.29, 1.82) is 0 Å². The van der Waals surface area contributed by atoms with Crippen molar-refractivity contribution in [3.8, 4) is 0 Å². The van der Waals surface area contributed by atoms with Crippen LogP contribution < -0.4 is 10.6 Å². The van der Waals surface area contributed by atoms with Crippen LogP contribution in [0.5, 0.6) is 0 Å². The number of rotatable bonds is 5. The van der Waals surface area contributed by atoms with Crippen molar-refractivity contribution in [2.24, 2.45) is 0 Å². The van der Waals surface area contributed by atoms with E-state index in [9.17, 15) is 4.79 Å². The summed E-state index contributed by atoms with van der Waals surface area (Å²) in [5, 5.41) is 5.86. The molecule has 0 aliphatic heterocycles. The Hall–Kier alpha value is -2.33. The highest BCUT2D eigenvalue weighted by atomic mass is 16.5. The fourth-order valence-corrected chi connectivity index (χ4v) is 2.74. The summed E-state index contributed by atoms with van der Waals surface area (Å²) in [6, 6.07) is 11.9. The largest absolute Gasteiger partial charge is 0.380 e. The number of carbonyl (C=O) groups excluding carboxylic acids is 1. The fraction of sp³-hybridized carbons (Fsp3) is 0.316. The first kappa shape index (κ1) is 17.0. The van der Waals surface area contributed by atoms with Gasteiger partial charge in [0.2, 0.25) is 0 Å². The number of aryl methyl sites for hydroxylation is 3. The zero-order chi connectivity index (χ0) is 16.8. The van der Waals surface area contributed by atoms with Gasteiger partial charge >= 0.3 is 6.03 Å². The van der Waals surface area contributed by atoms with E-state index < -0.39 is 0 Å². The lowest BCUT2D eigenvalue weighted by Gasteiger charge is -2.14. The second-order valence-corrected chi connectivity index (χ2v) is 5.78. The van der Waals surface area contributed by atoms with Gasteiger partial charge in [-0.3, -0.25) is 0 Å². The molecule has 0 unspecified atom stereocenters. The van der Waals surface area contributed by atoms with Crippen LogP contribution in [0.1, 0.15) is 27.8 Å². The van der Waals surface area contributed by atoms with Crippen molar-refractivity contribution >= 4 is 11.7 Å². The molecule has 0 bridgehead atoms. The number of nitrogens with one attached hydrogen (secondary N) is 2. The maximum Gasteiger partial charge on any atom is 0.319 e. The molecule has 0 aliphatic carbocycles. The third kappa shape index (κ3) is 4.57. The Morgan fingerprint density at radius 3 is 2.26 bits per heavy atom. The molecule has 0 aromatic heterocycles. The Bertz CT molecular complexity index is 673. The highest BCUT2D eigenvalue weighted by Gasteiger charge is 2.09. The van der Waals surface area contributed by atoms with E-state index in [2.05, 4.69) is 29.7 Å². The van der Waals surface area contributed by atoms with E-state index in [1.807, 2.05) is 38.1 Å². The fourth-order valence-electron chi connectivity index (χ4n) is 2.74. The molecule has 2 aromatic rings. The van der Waals surface area contributed by atoms with E-state index in [1.54, 1.807) is 7.11 Å². The molecule has 0 fully saturated rings. The Balaban J connectivity index is 2.01. The predicted octanol–water partition coefficient (Wildman–Crippen LogP) is 4.08. The van der Waals surface area contributed by atoms with Crippen LogP contribution in [0.2, 0.25) is 0 Å². The average molecular weight is 312 g/mol. The quantitative estimate of drug-likeness (QED) is 0.874. The molecule has 0 saturated carbocycles. The van der Waals surface area contributed by atoms with E-state index in [-0.39, 0.29) is 6.03 Å². The van der Waals surface area contributed by atoms with Crippen molar-refractivity contribution in [1.82, 2.24) is 5.32 Å². The van der Waals surface area contributed by atoms with Crippen LogP contribution in [-0.2, 0) is 17.9 Å². The molecule has 0 spiro atoms. The molecule has 0 aliphatic rings. The lowest BCUT2D eigenvalue weighted by Crippen LogP contribution is -2.29. The number of benzene rings is 2. The second-order valence-electron chi connectivity index (χ2n) is 5.78. The molecule has 2 amide bonds. The average Bonchev–Trinajstić information content (AvgIpc) is 2.50. The maximum absolute atomic E-state index is 12.2. The van der Waals surface area contributed by atoms with Crippen molar-refractivity contribution in [3.63, 3.8) is 0 Å². The van der Waals surface area contributed by atoms with E-state index >= 15 is 0 Å². The number of amides is 2. The zero-order valence-electron chi connectivity index (χ0n) is 14.2. The maximum atomic E-state index is 12.2. The van der Waals surface area contributed by atoms with Gasteiger partial charge in [-0.25, -0.2) is 4.79 Å². The van der Waals surface area contributed by atoms with Crippen molar-refractivity contribution in [3.05, 3.63) is 64.2 Å². The Morgan fingerprint density at radius 1 is 1.04 bits per heavy atom. The summed E-state index contributed by atoms with van der Waals surface area (Å²) in [7, 11) is 1.67. The Kier molecular flexibility index (Phi) is 5.77. The van der Waals surface area contributed by atoms with Crippen LogP contribution in [0.4, 0.5) is 10.5 Å². The lowest BCUT2D eigenvalue weighted by molar-refractivity contribution is 0.184. The molecule has 4 nitrogen and oxygen atoms in total. The topological polar surface area (TPSA) is 50.4 Å². The van der Waals surface area contributed by atoms with Gasteiger partial charge in [-0.05, 0) is 43.0 Å². The number of hydrogen-bond acceptors (Lipinski definition) is 2. The first-order valence-corrected chi connectivity index (χ1v) is 7.69. The summed E-state index contributed by atoms with van der Waals surface area (Å²) in [5.41, 5.74) is 6.34. The SMILES string of the molecule is COCc1ccccc1CNC(=O)Nc1c(C)cc(C)cc1C. The van der Waals surface area contributed by atoms with Crippen LogP contribution in [-0.4, -0.2) is 13.1 Å². The summed E-state index contributed by atoms with van der Waals surface area (Å²) in [4.78, 5) is 12.2. The highest BCUT2D eigenvalue weighted by Crippen LogP contribution is 2.21. The molecular formula is C19H24N2O2. The molecule has 0 heterocycles. The number of methoxy groups -OCH3 is 1. The molecule has 0 radical (unpaired) electrons. The van der Waals surface area contributed by atoms with Gasteiger partial charge in [0.25, 0.3) is 0 Å². The Morgan fingerprint density at radius 2 is 1.65 bits per heavy atom. The van der Waals surface area contributed by atoms with Crippen molar-refractivity contribution in [2.45, 2.75) is 33.9 Å². The molecule has 2 aromatic carbocycles.